The number of ether oxygens (including phenoxy) is 1. The van der Waals surface area contributed by atoms with Crippen LogP contribution in [0, 0.1) is 10.1 Å². The van der Waals surface area contributed by atoms with Crippen LogP contribution >= 0.6 is 0 Å². The van der Waals surface area contributed by atoms with Crippen molar-refractivity contribution in [2.75, 3.05) is 12.4 Å². The van der Waals surface area contributed by atoms with Gasteiger partial charge < -0.3 is 20.9 Å². The molecular formula is C10H15N3O4. The van der Waals surface area contributed by atoms with Gasteiger partial charge in [-0.3, -0.25) is 10.1 Å². The van der Waals surface area contributed by atoms with E-state index in [0.717, 1.165) is 0 Å². The molecule has 0 bridgehead atoms. The Balaban J connectivity index is 2.94. The zero-order chi connectivity index (χ0) is 13.0. The average Bonchev–Trinajstić information content (AvgIpc) is 2.28. The number of nitrogens with one attached hydrogen (secondary N) is 1. The fourth-order valence-electron chi connectivity index (χ4n) is 1.19. The number of anilines is 1. The van der Waals surface area contributed by atoms with Crippen LogP contribution in [0.3, 0.4) is 0 Å². The van der Waals surface area contributed by atoms with Gasteiger partial charge in [0.05, 0.1) is 11.0 Å². The second kappa shape index (κ2) is 5.46. The van der Waals surface area contributed by atoms with Gasteiger partial charge >= 0.3 is 0 Å². The van der Waals surface area contributed by atoms with Gasteiger partial charge in [-0.25, -0.2) is 0 Å². The molecule has 94 valence electrons. The normalized spacial score (nSPS) is 13.9. The smallest absolute Gasteiger partial charge is 0.292 e. The van der Waals surface area contributed by atoms with Gasteiger partial charge in [0, 0.05) is 19.2 Å². The van der Waals surface area contributed by atoms with E-state index >= 15 is 0 Å². The third-order valence-corrected chi connectivity index (χ3v) is 2.14. The fourth-order valence-corrected chi connectivity index (χ4v) is 1.19. The minimum Gasteiger partial charge on any atom is -0.463 e. The number of nitrogens with zero attached hydrogens (tertiary/aromatic N) is 1. The van der Waals surface area contributed by atoms with Gasteiger partial charge in [-0.1, -0.05) is 0 Å². The number of nitro groups is 1. The standard InChI is InChI=1S/C10H15N3O4/c1-6(11)10(14)17-7-3-4-9(13(15)16)8(5-7)12-2/h3-6,10,12,14H,11H2,1-2H3. The third-order valence-electron chi connectivity index (χ3n) is 2.14. The highest BCUT2D eigenvalue weighted by Crippen LogP contribution is 2.28. The predicted molar refractivity (Wildman–Crippen MR) is 62.9 cm³/mol. The summed E-state index contributed by atoms with van der Waals surface area (Å²) >= 11 is 0. The summed E-state index contributed by atoms with van der Waals surface area (Å²) in [6.07, 6.45) is -1.15. The second-order valence-electron chi connectivity index (χ2n) is 3.55. The molecule has 0 fully saturated rings. The van der Waals surface area contributed by atoms with Gasteiger partial charge in [0.2, 0.25) is 6.29 Å². The summed E-state index contributed by atoms with van der Waals surface area (Å²) < 4.78 is 5.12. The van der Waals surface area contributed by atoms with E-state index in [0.29, 0.717) is 11.4 Å². The van der Waals surface area contributed by atoms with Crippen LogP contribution in [-0.2, 0) is 0 Å². The molecule has 1 aromatic rings. The van der Waals surface area contributed by atoms with E-state index in [1.165, 1.54) is 18.2 Å². The maximum atomic E-state index is 10.7. The molecular weight excluding hydrogens is 226 g/mol. The highest BCUT2D eigenvalue weighted by atomic mass is 16.6. The first-order valence-corrected chi connectivity index (χ1v) is 5.02. The van der Waals surface area contributed by atoms with E-state index in [1.807, 2.05) is 0 Å². The number of nitrogens with two attached hydrogens (primary N) is 1. The number of aliphatic hydroxyl groups excluding tert-OH is 1. The van der Waals surface area contributed by atoms with Crippen molar-refractivity contribution in [3.63, 3.8) is 0 Å². The van der Waals surface area contributed by atoms with E-state index < -0.39 is 17.3 Å². The van der Waals surface area contributed by atoms with Gasteiger partial charge in [-0.05, 0) is 13.0 Å². The van der Waals surface area contributed by atoms with Crippen molar-refractivity contribution >= 4 is 11.4 Å². The molecule has 0 amide bonds. The molecule has 0 spiro atoms. The molecule has 0 saturated carbocycles. The van der Waals surface area contributed by atoms with E-state index in [-0.39, 0.29) is 5.69 Å². The molecule has 0 saturated heterocycles. The van der Waals surface area contributed by atoms with Crippen LogP contribution in [0.2, 0.25) is 0 Å². The van der Waals surface area contributed by atoms with Gasteiger partial charge in [-0.2, -0.15) is 0 Å². The summed E-state index contributed by atoms with van der Waals surface area (Å²) in [5.41, 5.74) is 5.68. The zero-order valence-electron chi connectivity index (χ0n) is 9.58. The Morgan fingerprint density at radius 1 is 1.59 bits per heavy atom. The summed E-state index contributed by atoms with van der Waals surface area (Å²) in [6, 6.07) is 3.59. The van der Waals surface area contributed by atoms with Crippen molar-refractivity contribution in [3.8, 4) is 5.75 Å². The third kappa shape index (κ3) is 3.30. The molecule has 0 radical (unpaired) electrons. The predicted octanol–water partition coefficient (Wildman–Crippen LogP) is 0.681. The number of hydrogen-bond donors (Lipinski definition) is 3. The lowest BCUT2D eigenvalue weighted by Crippen LogP contribution is -2.35. The second-order valence-corrected chi connectivity index (χ2v) is 3.55. The van der Waals surface area contributed by atoms with E-state index in [9.17, 15) is 15.2 Å². The van der Waals surface area contributed by atoms with Crippen molar-refractivity contribution < 1.29 is 14.8 Å². The molecule has 17 heavy (non-hydrogen) atoms. The van der Waals surface area contributed by atoms with Crippen LogP contribution in [0.4, 0.5) is 11.4 Å². The Labute approximate surface area is 98.3 Å². The Morgan fingerprint density at radius 3 is 2.71 bits per heavy atom. The molecule has 0 aliphatic rings. The first kappa shape index (κ1) is 13.2. The number of benzene rings is 1. The topological polar surface area (TPSA) is 111 Å². The quantitative estimate of drug-likeness (QED) is 0.397. The zero-order valence-corrected chi connectivity index (χ0v) is 9.58. The van der Waals surface area contributed by atoms with Crippen molar-refractivity contribution in [3.05, 3.63) is 28.3 Å². The summed E-state index contributed by atoms with van der Waals surface area (Å²) in [5.74, 6) is 0.310. The van der Waals surface area contributed by atoms with Crippen molar-refractivity contribution in [2.45, 2.75) is 19.3 Å². The minimum atomic E-state index is -1.15. The molecule has 1 rings (SSSR count). The van der Waals surface area contributed by atoms with Crippen molar-refractivity contribution in [1.82, 2.24) is 0 Å². The average molecular weight is 241 g/mol. The first-order valence-electron chi connectivity index (χ1n) is 5.02. The van der Waals surface area contributed by atoms with E-state index in [1.54, 1.807) is 14.0 Å². The maximum absolute atomic E-state index is 10.7. The van der Waals surface area contributed by atoms with Gasteiger partial charge in [0.1, 0.15) is 11.4 Å². The molecule has 0 aromatic heterocycles. The monoisotopic (exact) mass is 241 g/mol. The first-order chi connectivity index (χ1) is 7.95. The van der Waals surface area contributed by atoms with Crippen LogP contribution in [0.15, 0.2) is 18.2 Å². The number of nitro benzene ring substituents is 1. The molecule has 2 unspecified atom stereocenters. The number of hydrogen-bond acceptors (Lipinski definition) is 6. The largest absolute Gasteiger partial charge is 0.463 e. The molecule has 0 aliphatic heterocycles. The summed E-state index contributed by atoms with van der Waals surface area (Å²) in [7, 11) is 1.56. The van der Waals surface area contributed by atoms with E-state index in [2.05, 4.69) is 5.32 Å². The van der Waals surface area contributed by atoms with Crippen LogP contribution in [-0.4, -0.2) is 29.4 Å². The van der Waals surface area contributed by atoms with Gasteiger partial charge in [0.15, 0.2) is 0 Å². The molecule has 1 aromatic carbocycles. The summed E-state index contributed by atoms with van der Waals surface area (Å²) in [5, 5.41) is 22.8. The Kier molecular flexibility index (Phi) is 4.24. The highest BCUT2D eigenvalue weighted by Gasteiger charge is 2.16. The molecule has 0 heterocycles. The van der Waals surface area contributed by atoms with Crippen LogP contribution in [0.5, 0.6) is 5.75 Å². The van der Waals surface area contributed by atoms with E-state index in [4.69, 9.17) is 10.5 Å². The highest BCUT2D eigenvalue weighted by molar-refractivity contribution is 5.63. The Bertz CT molecular complexity index is 409. The molecule has 4 N–H and O–H groups in total. The minimum absolute atomic E-state index is 0.0601. The molecule has 7 heteroatoms. The lowest BCUT2D eigenvalue weighted by molar-refractivity contribution is -0.384. The number of rotatable bonds is 5. The van der Waals surface area contributed by atoms with Gasteiger partial charge in [0.25, 0.3) is 5.69 Å². The maximum Gasteiger partial charge on any atom is 0.292 e. The van der Waals surface area contributed by atoms with Crippen molar-refractivity contribution in [1.29, 1.82) is 0 Å². The van der Waals surface area contributed by atoms with Gasteiger partial charge in [-0.15, -0.1) is 0 Å². The lowest BCUT2D eigenvalue weighted by Gasteiger charge is -2.17. The van der Waals surface area contributed by atoms with Crippen LogP contribution in [0.1, 0.15) is 6.92 Å². The fraction of sp³-hybridized carbons (Fsp3) is 0.400. The molecule has 7 nitrogen and oxygen atoms in total. The van der Waals surface area contributed by atoms with Crippen molar-refractivity contribution in [2.24, 2.45) is 5.73 Å². The molecule has 0 aliphatic carbocycles. The lowest BCUT2D eigenvalue weighted by atomic mass is 10.2. The summed E-state index contributed by atoms with van der Waals surface area (Å²) in [6.45, 7) is 1.59. The van der Waals surface area contributed by atoms with Crippen LogP contribution in [0.25, 0.3) is 0 Å². The molecule has 2 atom stereocenters. The summed E-state index contributed by atoms with van der Waals surface area (Å²) in [4.78, 5) is 10.2. The number of aliphatic hydroxyl groups is 1. The van der Waals surface area contributed by atoms with Crippen LogP contribution < -0.4 is 15.8 Å². The SMILES string of the molecule is CNc1cc(OC(O)C(C)N)ccc1[N+](=O)[O-]. The Hall–Kier alpha value is -1.86. The Morgan fingerprint density at radius 2 is 2.24 bits per heavy atom.